The van der Waals surface area contributed by atoms with E-state index in [1.807, 2.05) is 52.0 Å². The average Bonchev–Trinajstić information content (AvgIpc) is 2.67. The maximum atomic E-state index is 13.2. The third kappa shape index (κ3) is 5.72. The van der Waals surface area contributed by atoms with Crippen molar-refractivity contribution in [1.82, 2.24) is 14.9 Å². The highest BCUT2D eigenvalue weighted by Gasteiger charge is 2.23. The molecule has 0 fully saturated rings. The van der Waals surface area contributed by atoms with Gasteiger partial charge in [0, 0.05) is 12.1 Å². The maximum Gasteiger partial charge on any atom is 0.262 e. The molecule has 1 aliphatic rings. The summed E-state index contributed by atoms with van der Waals surface area (Å²) in [7, 11) is 0. The Hall–Kier alpha value is -2.08. The van der Waals surface area contributed by atoms with Crippen LogP contribution in [0, 0.1) is 0 Å². The summed E-state index contributed by atoms with van der Waals surface area (Å²) in [5.74, 6) is -0.0496. The first-order valence-corrected chi connectivity index (χ1v) is 11.3. The van der Waals surface area contributed by atoms with Gasteiger partial charge in [-0.1, -0.05) is 35.5 Å². The highest BCUT2D eigenvalue weighted by molar-refractivity contribution is 8.00. The summed E-state index contributed by atoms with van der Waals surface area (Å²) in [6.07, 6.45) is 7.89. The fourth-order valence-electron chi connectivity index (χ4n) is 3.50. The van der Waals surface area contributed by atoms with E-state index < -0.39 is 0 Å². The van der Waals surface area contributed by atoms with Crippen molar-refractivity contribution < 1.29 is 4.79 Å². The third-order valence-corrected chi connectivity index (χ3v) is 6.11. The smallest absolute Gasteiger partial charge is 0.262 e. The number of nitrogens with one attached hydrogen (secondary N) is 1. The lowest BCUT2D eigenvalue weighted by atomic mass is 9.97. The Morgan fingerprint density at radius 2 is 2.03 bits per heavy atom. The molecule has 0 spiro atoms. The summed E-state index contributed by atoms with van der Waals surface area (Å²) >= 11 is 1.35. The first-order valence-electron chi connectivity index (χ1n) is 10.4. The Morgan fingerprint density at radius 3 is 2.72 bits per heavy atom. The topological polar surface area (TPSA) is 64.0 Å². The van der Waals surface area contributed by atoms with Gasteiger partial charge in [-0.05, 0) is 71.9 Å². The highest BCUT2D eigenvalue weighted by Crippen LogP contribution is 2.25. The molecule has 0 saturated carbocycles. The van der Waals surface area contributed by atoms with E-state index in [0.29, 0.717) is 22.6 Å². The average molecular weight is 414 g/mol. The van der Waals surface area contributed by atoms with Gasteiger partial charge >= 0.3 is 0 Å². The first-order chi connectivity index (χ1) is 13.7. The molecule has 1 aromatic heterocycles. The van der Waals surface area contributed by atoms with Gasteiger partial charge in [0.2, 0.25) is 5.91 Å². The lowest BCUT2D eigenvalue weighted by molar-refractivity contribution is -0.121. The summed E-state index contributed by atoms with van der Waals surface area (Å²) in [5, 5.41) is 3.90. The molecule has 0 aliphatic heterocycles. The molecule has 5 nitrogen and oxygen atoms in total. The van der Waals surface area contributed by atoms with E-state index in [1.54, 1.807) is 4.57 Å². The molecule has 1 atom stereocenters. The van der Waals surface area contributed by atoms with E-state index in [-0.39, 0.29) is 22.3 Å². The highest BCUT2D eigenvalue weighted by atomic mass is 32.2. The standard InChI is InChI=1S/C23H31N3O2S/c1-16(20(27)25-23(2,3)4)29-22-24-19-13-9-8-12-18(19)21(28)26(22)15-14-17-10-6-5-7-11-17/h8-10,12-13,16H,5-7,11,14-15H2,1-4H3,(H,25,27)/t16-/m1/s1. The zero-order chi connectivity index (χ0) is 21.0. The van der Waals surface area contributed by atoms with Crippen LogP contribution in [-0.2, 0) is 11.3 Å². The van der Waals surface area contributed by atoms with Crippen molar-refractivity contribution in [3.8, 4) is 0 Å². The van der Waals surface area contributed by atoms with Gasteiger partial charge in [-0.3, -0.25) is 14.2 Å². The summed E-state index contributed by atoms with van der Waals surface area (Å²) < 4.78 is 1.75. The Labute approximate surface area is 177 Å². The molecule has 29 heavy (non-hydrogen) atoms. The molecule has 1 aliphatic carbocycles. The van der Waals surface area contributed by atoms with Crippen molar-refractivity contribution in [3.63, 3.8) is 0 Å². The van der Waals surface area contributed by atoms with Gasteiger partial charge in [-0.2, -0.15) is 0 Å². The lowest BCUT2D eigenvalue weighted by Gasteiger charge is -2.23. The van der Waals surface area contributed by atoms with Gasteiger partial charge in [-0.25, -0.2) is 4.98 Å². The summed E-state index contributed by atoms with van der Waals surface area (Å²) in [6.45, 7) is 8.35. The Kier molecular flexibility index (Phi) is 6.83. The molecule has 0 radical (unpaired) electrons. The van der Waals surface area contributed by atoms with Crippen molar-refractivity contribution in [3.05, 3.63) is 46.3 Å². The number of hydrogen-bond acceptors (Lipinski definition) is 4. The number of rotatable bonds is 6. The first kappa shape index (κ1) is 21.6. The molecular formula is C23H31N3O2S. The van der Waals surface area contributed by atoms with Crippen LogP contribution in [0.3, 0.4) is 0 Å². The lowest BCUT2D eigenvalue weighted by Crippen LogP contribution is -2.44. The maximum absolute atomic E-state index is 13.2. The van der Waals surface area contributed by atoms with Gasteiger partial charge in [0.15, 0.2) is 5.16 Å². The van der Waals surface area contributed by atoms with Crippen LogP contribution in [0.25, 0.3) is 10.9 Å². The van der Waals surface area contributed by atoms with Crippen molar-refractivity contribution in [2.24, 2.45) is 0 Å². The van der Waals surface area contributed by atoms with Crippen molar-refractivity contribution in [1.29, 1.82) is 0 Å². The molecular weight excluding hydrogens is 382 g/mol. The summed E-state index contributed by atoms with van der Waals surface area (Å²) in [5.41, 5.74) is 1.77. The second-order valence-electron chi connectivity index (χ2n) is 8.73. The van der Waals surface area contributed by atoms with Crippen LogP contribution in [0.15, 0.2) is 45.9 Å². The minimum absolute atomic E-state index is 0.0297. The SMILES string of the molecule is C[C@@H](Sc1nc2ccccc2c(=O)n1CCC1=CCCCC1)C(=O)NC(C)(C)C. The van der Waals surface area contributed by atoms with Crippen LogP contribution >= 0.6 is 11.8 Å². The molecule has 0 saturated heterocycles. The monoisotopic (exact) mass is 413 g/mol. The fraction of sp³-hybridized carbons (Fsp3) is 0.522. The molecule has 156 valence electrons. The number of fused-ring (bicyclic) bond motifs is 1. The second kappa shape index (κ2) is 9.16. The van der Waals surface area contributed by atoms with E-state index in [9.17, 15) is 9.59 Å². The Balaban J connectivity index is 1.90. The fourth-order valence-corrected chi connectivity index (χ4v) is 4.44. The predicted molar refractivity (Wildman–Crippen MR) is 120 cm³/mol. The molecule has 0 bridgehead atoms. The molecule has 1 aromatic carbocycles. The Morgan fingerprint density at radius 1 is 1.28 bits per heavy atom. The van der Waals surface area contributed by atoms with Crippen LogP contribution in [0.5, 0.6) is 0 Å². The van der Waals surface area contributed by atoms with E-state index >= 15 is 0 Å². The molecule has 2 aromatic rings. The van der Waals surface area contributed by atoms with Gasteiger partial charge in [-0.15, -0.1) is 0 Å². The number of thioether (sulfide) groups is 1. The van der Waals surface area contributed by atoms with Crippen molar-refractivity contribution in [2.45, 2.75) is 82.3 Å². The largest absolute Gasteiger partial charge is 0.351 e. The van der Waals surface area contributed by atoms with Crippen LogP contribution in [0.1, 0.15) is 59.8 Å². The quantitative estimate of drug-likeness (QED) is 0.424. The van der Waals surface area contributed by atoms with E-state index in [4.69, 9.17) is 4.98 Å². The van der Waals surface area contributed by atoms with Gasteiger partial charge in [0.1, 0.15) is 0 Å². The molecule has 0 unspecified atom stereocenters. The molecule has 1 heterocycles. The summed E-state index contributed by atoms with van der Waals surface area (Å²) in [4.78, 5) is 30.5. The minimum atomic E-state index is -0.345. The van der Waals surface area contributed by atoms with Crippen LogP contribution < -0.4 is 10.9 Å². The number of benzene rings is 1. The van der Waals surface area contributed by atoms with Crippen LogP contribution in [0.2, 0.25) is 0 Å². The van der Waals surface area contributed by atoms with Gasteiger partial charge in [0.25, 0.3) is 5.56 Å². The predicted octanol–water partition coefficient (Wildman–Crippen LogP) is 4.68. The van der Waals surface area contributed by atoms with E-state index in [1.165, 1.54) is 30.2 Å². The van der Waals surface area contributed by atoms with Crippen molar-refractivity contribution in [2.75, 3.05) is 0 Å². The number of nitrogens with zero attached hydrogens (tertiary/aromatic N) is 2. The molecule has 1 N–H and O–H groups in total. The number of carbonyl (C=O) groups excluding carboxylic acids is 1. The second-order valence-corrected chi connectivity index (χ2v) is 10.0. The number of amides is 1. The Bertz CT molecular complexity index is 972. The number of allylic oxidation sites excluding steroid dienone is 2. The van der Waals surface area contributed by atoms with Crippen LogP contribution in [-0.4, -0.2) is 26.2 Å². The number of para-hydroxylation sites is 1. The zero-order valence-electron chi connectivity index (χ0n) is 17.8. The summed E-state index contributed by atoms with van der Waals surface area (Å²) in [6, 6.07) is 7.43. The van der Waals surface area contributed by atoms with Crippen LogP contribution in [0.4, 0.5) is 0 Å². The normalized spacial score (nSPS) is 15.8. The zero-order valence-corrected chi connectivity index (χ0v) is 18.6. The van der Waals surface area contributed by atoms with Gasteiger partial charge < -0.3 is 5.32 Å². The third-order valence-electron chi connectivity index (χ3n) is 5.02. The molecule has 6 heteroatoms. The van der Waals surface area contributed by atoms with Gasteiger partial charge in [0.05, 0.1) is 16.2 Å². The van der Waals surface area contributed by atoms with E-state index in [0.717, 1.165) is 19.3 Å². The number of carbonyl (C=O) groups is 1. The van der Waals surface area contributed by atoms with Crippen molar-refractivity contribution >= 4 is 28.6 Å². The minimum Gasteiger partial charge on any atom is -0.351 e. The molecule has 1 amide bonds. The molecule has 3 rings (SSSR count). The number of hydrogen-bond donors (Lipinski definition) is 1. The van der Waals surface area contributed by atoms with E-state index in [2.05, 4.69) is 11.4 Å². The number of aromatic nitrogens is 2.